The molecule has 1 unspecified atom stereocenters. The highest BCUT2D eigenvalue weighted by Gasteiger charge is 2.22. The van der Waals surface area contributed by atoms with Crippen LogP contribution in [0.15, 0.2) is 36.4 Å². The highest BCUT2D eigenvalue weighted by atomic mass is 16.5. The number of hydrogen-bond donors (Lipinski definition) is 1. The minimum atomic E-state index is -0.195. The number of fused-ring (bicyclic) bond motifs is 1. The lowest BCUT2D eigenvalue weighted by atomic mass is 10.1. The molecule has 0 radical (unpaired) electrons. The molecule has 1 N–H and O–H groups in total. The number of benzene rings is 2. The van der Waals surface area contributed by atoms with E-state index in [4.69, 9.17) is 14.2 Å². The van der Waals surface area contributed by atoms with Gasteiger partial charge < -0.3 is 19.5 Å². The Morgan fingerprint density at radius 3 is 2.65 bits per heavy atom. The van der Waals surface area contributed by atoms with Crippen molar-refractivity contribution in [2.75, 3.05) is 18.5 Å². The van der Waals surface area contributed by atoms with Crippen molar-refractivity contribution in [3.63, 3.8) is 0 Å². The lowest BCUT2D eigenvalue weighted by Crippen LogP contribution is -2.13. The molecular formula is C21H25NO4. The van der Waals surface area contributed by atoms with E-state index in [1.165, 1.54) is 0 Å². The molecule has 2 aromatic carbocycles. The first-order chi connectivity index (χ1) is 12.6. The lowest BCUT2D eigenvalue weighted by molar-refractivity contribution is 0.102. The zero-order valence-corrected chi connectivity index (χ0v) is 15.5. The van der Waals surface area contributed by atoms with E-state index in [-0.39, 0.29) is 12.0 Å². The molecule has 0 aliphatic carbocycles. The summed E-state index contributed by atoms with van der Waals surface area (Å²) in [6.07, 6.45) is 1.94. The Labute approximate surface area is 154 Å². The number of ether oxygens (including phenoxy) is 3. The smallest absolute Gasteiger partial charge is 0.255 e. The van der Waals surface area contributed by atoms with Gasteiger partial charge in [-0.05, 0) is 50.6 Å². The molecule has 3 rings (SSSR count). The predicted octanol–water partition coefficient (Wildman–Crippen LogP) is 4.45. The minimum Gasteiger partial charge on any atom is -0.494 e. The molecule has 1 amide bonds. The third-order valence-electron chi connectivity index (χ3n) is 4.14. The van der Waals surface area contributed by atoms with E-state index in [9.17, 15) is 4.79 Å². The van der Waals surface area contributed by atoms with Gasteiger partial charge in [0.05, 0.1) is 18.9 Å². The average molecular weight is 355 g/mol. The molecular weight excluding hydrogens is 330 g/mol. The van der Waals surface area contributed by atoms with Crippen LogP contribution >= 0.6 is 0 Å². The third kappa shape index (κ3) is 4.10. The van der Waals surface area contributed by atoms with Gasteiger partial charge in [-0.2, -0.15) is 0 Å². The van der Waals surface area contributed by atoms with Crippen LogP contribution in [0.25, 0.3) is 0 Å². The molecule has 138 valence electrons. The van der Waals surface area contributed by atoms with Crippen LogP contribution in [0.3, 0.4) is 0 Å². The fourth-order valence-electron chi connectivity index (χ4n) is 2.93. The Bertz CT molecular complexity index is 770. The van der Waals surface area contributed by atoms with E-state index in [0.29, 0.717) is 30.2 Å². The van der Waals surface area contributed by atoms with Crippen LogP contribution < -0.4 is 19.5 Å². The summed E-state index contributed by atoms with van der Waals surface area (Å²) in [6, 6.07) is 10.9. The molecule has 0 bridgehead atoms. The first-order valence-electron chi connectivity index (χ1n) is 9.11. The van der Waals surface area contributed by atoms with Gasteiger partial charge in [0, 0.05) is 23.6 Å². The molecule has 1 heterocycles. The lowest BCUT2D eigenvalue weighted by Gasteiger charge is -2.14. The number of hydrogen-bond acceptors (Lipinski definition) is 4. The molecule has 0 fully saturated rings. The zero-order chi connectivity index (χ0) is 18.5. The van der Waals surface area contributed by atoms with Crippen LogP contribution in [0.1, 0.15) is 43.1 Å². The summed E-state index contributed by atoms with van der Waals surface area (Å²) in [5.74, 6) is 2.04. The summed E-state index contributed by atoms with van der Waals surface area (Å²) in [5, 5.41) is 2.93. The Morgan fingerprint density at radius 1 is 1.19 bits per heavy atom. The van der Waals surface area contributed by atoms with Crippen molar-refractivity contribution in [3.05, 3.63) is 47.5 Å². The molecule has 0 aromatic heterocycles. The summed E-state index contributed by atoms with van der Waals surface area (Å²) < 4.78 is 17.1. The van der Waals surface area contributed by atoms with E-state index in [1.807, 2.05) is 38.1 Å². The number of anilines is 1. The highest BCUT2D eigenvalue weighted by Crippen LogP contribution is 2.38. The normalized spacial score (nSPS) is 15.1. The van der Waals surface area contributed by atoms with Crippen LogP contribution in [0.4, 0.5) is 5.69 Å². The van der Waals surface area contributed by atoms with Crippen molar-refractivity contribution >= 4 is 11.6 Å². The summed E-state index contributed by atoms with van der Waals surface area (Å²) in [6.45, 7) is 7.20. The van der Waals surface area contributed by atoms with E-state index in [1.54, 1.807) is 12.1 Å². The monoisotopic (exact) mass is 355 g/mol. The summed E-state index contributed by atoms with van der Waals surface area (Å²) in [5.41, 5.74) is 2.29. The maximum Gasteiger partial charge on any atom is 0.255 e. The van der Waals surface area contributed by atoms with Gasteiger partial charge in [-0.25, -0.2) is 0 Å². The van der Waals surface area contributed by atoms with Crippen molar-refractivity contribution in [2.45, 2.75) is 39.7 Å². The van der Waals surface area contributed by atoms with Gasteiger partial charge in [-0.15, -0.1) is 0 Å². The van der Waals surface area contributed by atoms with Gasteiger partial charge >= 0.3 is 0 Å². The van der Waals surface area contributed by atoms with Crippen LogP contribution in [0.5, 0.6) is 17.2 Å². The molecule has 5 nitrogen and oxygen atoms in total. The molecule has 1 atom stereocenters. The minimum absolute atomic E-state index is 0.140. The van der Waals surface area contributed by atoms with Crippen molar-refractivity contribution < 1.29 is 19.0 Å². The van der Waals surface area contributed by atoms with Gasteiger partial charge in [0.1, 0.15) is 23.4 Å². The maximum atomic E-state index is 12.6. The van der Waals surface area contributed by atoms with Crippen LogP contribution in [-0.4, -0.2) is 25.2 Å². The molecule has 0 saturated heterocycles. The van der Waals surface area contributed by atoms with Crippen molar-refractivity contribution in [1.82, 2.24) is 0 Å². The largest absolute Gasteiger partial charge is 0.494 e. The summed E-state index contributed by atoms with van der Waals surface area (Å²) >= 11 is 0. The van der Waals surface area contributed by atoms with Gasteiger partial charge in [0.15, 0.2) is 0 Å². The second-order valence-corrected chi connectivity index (χ2v) is 6.35. The zero-order valence-electron chi connectivity index (χ0n) is 15.5. The fraction of sp³-hybridized carbons (Fsp3) is 0.381. The fourth-order valence-corrected chi connectivity index (χ4v) is 2.93. The molecule has 26 heavy (non-hydrogen) atoms. The van der Waals surface area contributed by atoms with E-state index >= 15 is 0 Å². The van der Waals surface area contributed by atoms with Crippen LogP contribution in [0.2, 0.25) is 0 Å². The van der Waals surface area contributed by atoms with Crippen molar-refractivity contribution in [3.8, 4) is 17.2 Å². The predicted molar refractivity (Wildman–Crippen MR) is 102 cm³/mol. The highest BCUT2D eigenvalue weighted by molar-refractivity contribution is 6.05. The SMILES string of the molecule is CCCOc1ccc(C(=O)Nc2cc3c(cc2OCC)CC(C)O3)cc1. The summed E-state index contributed by atoms with van der Waals surface area (Å²) in [7, 11) is 0. The van der Waals surface area contributed by atoms with Gasteiger partial charge in [0.2, 0.25) is 0 Å². The second-order valence-electron chi connectivity index (χ2n) is 6.35. The number of carbonyl (C=O) groups is 1. The average Bonchev–Trinajstić information content (AvgIpc) is 2.99. The van der Waals surface area contributed by atoms with Gasteiger partial charge in [-0.3, -0.25) is 4.79 Å². The first kappa shape index (κ1) is 18.1. The second kappa shape index (κ2) is 8.13. The van der Waals surface area contributed by atoms with E-state index in [0.717, 1.165) is 29.9 Å². The third-order valence-corrected chi connectivity index (χ3v) is 4.14. The topological polar surface area (TPSA) is 56.8 Å². The number of nitrogens with one attached hydrogen (secondary N) is 1. The van der Waals surface area contributed by atoms with Crippen LogP contribution in [0, 0.1) is 0 Å². The Hall–Kier alpha value is -2.69. The van der Waals surface area contributed by atoms with Crippen LogP contribution in [-0.2, 0) is 6.42 Å². The standard InChI is InChI=1S/C21H25NO4/c1-4-10-25-17-8-6-15(7-9-17)21(23)22-18-13-19-16(11-14(3)26-19)12-20(18)24-5-2/h6-9,12-14H,4-5,10-11H2,1-3H3,(H,22,23). The molecule has 0 saturated carbocycles. The Kier molecular flexibility index (Phi) is 5.66. The quantitative estimate of drug-likeness (QED) is 0.797. The molecule has 0 spiro atoms. The molecule has 2 aromatic rings. The Morgan fingerprint density at radius 2 is 1.96 bits per heavy atom. The van der Waals surface area contributed by atoms with Crippen molar-refractivity contribution in [1.29, 1.82) is 0 Å². The first-order valence-corrected chi connectivity index (χ1v) is 9.11. The van der Waals surface area contributed by atoms with Gasteiger partial charge in [-0.1, -0.05) is 6.92 Å². The molecule has 5 heteroatoms. The number of carbonyl (C=O) groups excluding carboxylic acids is 1. The maximum absolute atomic E-state index is 12.6. The van der Waals surface area contributed by atoms with Crippen molar-refractivity contribution in [2.24, 2.45) is 0 Å². The number of amides is 1. The summed E-state index contributed by atoms with van der Waals surface area (Å²) in [4.78, 5) is 12.6. The van der Waals surface area contributed by atoms with Gasteiger partial charge in [0.25, 0.3) is 5.91 Å². The molecule has 1 aliphatic rings. The Balaban J connectivity index is 1.77. The number of rotatable bonds is 7. The van der Waals surface area contributed by atoms with E-state index in [2.05, 4.69) is 12.2 Å². The molecule has 1 aliphatic heterocycles. The van der Waals surface area contributed by atoms with E-state index < -0.39 is 0 Å².